The number of esters is 1. The van der Waals surface area contributed by atoms with Gasteiger partial charge in [-0.25, -0.2) is 0 Å². The molecule has 0 radical (unpaired) electrons. The second kappa shape index (κ2) is 5.28. The molecule has 18 heavy (non-hydrogen) atoms. The summed E-state index contributed by atoms with van der Waals surface area (Å²) in [5.74, 6) is -0.206. The van der Waals surface area contributed by atoms with Gasteiger partial charge in [-0.15, -0.1) is 0 Å². The lowest BCUT2D eigenvalue weighted by molar-refractivity contribution is -0.151. The van der Waals surface area contributed by atoms with Crippen molar-refractivity contribution in [2.24, 2.45) is 0 Å². The van der Waals surface area contributed by atoms with Crippen LogP contribution in [-0.4, -0.2) is 26.3 Å². The Kier molecular flexibility index (Phi) is 3.92. The molecular weight excluding hydrogens is 298 g/mol. The zero-order valence-corrected chi connectivity index (χ0v) is 11.8. The van der Waals surface area contributed by atoms with Crippen LogP contribution in [0, 0.1) is 0 Å². The number of ether oxygens (including phenoxy) is 2. The van der Waals surface area contributed by atoms with Gasteiger partial charge in [0.2, 0.25) is 0 Å². The molecule has 1 aromatic carbocycles. The van der Waals surface area contributed by atoms with Crippen LogP contribution in [0.4, 0.5) is 5.69 Å². The van der Waals surface area contributed by atoms with Gasteiger partial charge >= 0.3 is 5.97 Å². The highest BCUT2D eigenvalue weighted by Gasteiger charge is 2.43. The lowest BCUT2D eigenvalue weighted by Crippen LogP contribution is -2.42. The smallest absolute Gasteiger partial charge is 0.316 e. The van der Waals surface area contributed by atoms with Crippen LogP contribution in [0.15, 0.2) is 22.7 Å². The Morgan fingerprint density at radius 3 is 2.67 bits per heavy atom. The van der Waals surface area contributed by atoms with E-state index in [-0.39, 0.29) is 5.97 Å². The number of hydrogen-bond donors (Lipinski definition) is 1. The van der Waals surface area contributed by atoms with E-state index in [2.05, 4.69) is 15.9 Å². The summed E-state index contributed by atoms with van der Waals surface area (Å²) in [6, 6.07) is 5.60. The van der Waals surface area contributed by atoms with Gasteiger partial charge in [0.1, 0.15) is 0 Å². The Morgan fingerprint density at radius 2 is 2.11 bits per heavy atom. The molecule has 2 rings (SSSR count). The van der Waals surface area contributed by atoms with E-state index in [9.17, 15) is 4.79 Å². The van der Waals surface area contributed by atoms with Crippen LogP contribution in [-0.2, 0) is 19.7 Å². The minimum atomic E-state index is -0.608. The van der Waals surface area contributed by atoms with E-state index in [1.54, 1.807) is 6.07 Å². The largest absolute Gasteiger partial charge is 0.468 e. The summed E-state index contributed by atoms with van der Waals surface area (Å²) < 4.78 is 11.1. The molecule has 98 valence electrons. The highest BCUT2D eigenvalue weighted by molar-refractivity contribution is 9.10. The second-order valence-corrected chi connectivity index (χ2v) is 5.28. The minimum Gasteiger partial charge on any atom is -0.468 e. The molecule has 0 bridgehead atoms. The van der Waals surface area contributed by atoms with Crippen LogP contribution in [0.2, 0.25) is 0 Å². The molecule has 4 nitrogen and oxygen atoms in total. The predicted molar refractivity (Wildman–Crippen MR) is 72.3 cm³/mol. The molecule has 0 atom stereocenters. The monoisotopic (exact) mass is 313 g/mol. The number of benzene rings is 1. The highest BCUT2D eigenvalue weighted by Crippen LogP contribution is 2.38. The minimum absolute atomic E-state index is 0.206. The van der Waals surface area contributed by atoms with Crippen LogP contribution in [0.5, 0.6) is 0 Å². The molecule has 1 heterocycles. The summed E-state index contributed by atoms with van der Waals surface area (Å²) in [4.78, 5) is 12.2. The number of anilines is 1. The van der Waals surface area contributed by atoms with Crippen LogP contribution in [0.3, 0.4) is 0 Å². The first-order valence-electron chi connectivity index (χ1n) is 5.82. The van der Waals surface area contributed by atoms with Crippen LogP contribution in [0.25, 0.3) is 0 Å². The molecule has 0 spiro atoms. The molecule has 0 aliphatic carbocycles. The van der Waals surface area contributed by atoms with Crippen molar-refractivity contribution in [3.63, 3.8) is 0 Å². The van der Waals surface area contributed by atoms with Crippen molar-refractivity contribution in [1.82, 2.24) is 0 Å². The van der Waals surface area contributed by atoms with Crippen molar-refractivity contribution in [2.75, 3.05) is 26.1 Å². The third-order valence-electron chi connectivity index (χ3n) is 3.48. The van der Waals surface area contributed by atoms with Crippen LogP contribution >= 0.6 is 15.9 Å². The zero-order valence-electron chi connectivity index (χ0n) is 10.2. The maximum absolute atomic E-state index is 12.2. The molecule has 1 aliphatic heterocycles. The summed E-state index contributed by atoms with van der Waals surface area (Å²) in [7, 11) is 1.42. The maximum Gasteiger partial charge on any atom is 0.316 e. The standard InChI is InChI=1S/C13H16BrNO3/c1-17-12(16)13(4-6-18-7-5-13)9-2-3-11(15)10(14)8-9/h2-3,8H,4-7,15H2,1H3. The predicted octanol–water partition coefficient (Wildman–Crippen LogP) is 2.25. The van der Waals surface area contributed by atoms with E-state index in [1.165, 1.54) is 7.11 Å². The van der Waals surface area contributed by atoms with Crippen molar-refractivity contribution in [2.45, 2.75) is 18.3 Å². The molecule has 1 aromatic rings. The molecule has 2 N–H and O–H groups in total. The van der Waals surface area contributed by atoms with Gasteiger partial charge in [-0.3, -0.25) is 4.79 Å². The summed E-state index contributed by atoms with van der Waals surface area (Å²) in [6.07, 6.45) is 1.27. The summed E-state index contributed by atoms with van der Waals surface area (Å²) >= 11 is 3.40. The van der Waals surface area contributed by atoms with Gasteiger partial charge in [0.25, 0.3) is 0 Å². The van der Waals surface area contributed by atoms with Crippen molar-refractivity contribution >= 4 is 27.6 Å². The Labute approximate surface area is 115 Å². The molecule has 0 saturated carbocycles. The lowest BCUT2D eigenvalue weighted by atomic mass is 9.74. The van der Waals surface area contributed by atoms with E-state index in [0.717, 1.165) is 10.0 Å². The molecule has 1 fully saturated rings. The van der Waals surface area contributed by atoms with Crippen molar-refractivity contribution in [3.8, 4) is 0 Å². The van der Waals surface area contributed by atoms with Gasteiger partial charge in [0.05, 0.1) is 12.5 Å². The highest BCUT2D eigenvalue weighted by atomic mass is 79.9. The molecule has 1 aliphatic rings. The fourth-order valence-corrected chi connectivity index (χ4v) is 2.73. The maximum atomic E-state index is 12.2. The summed E-state index contributed by atoms with van der Waals surface area (Å²) in [5, 5.41) is 0. The Balaban J connectivity index is 2.45. The quantitative estimate of drug-likeness (QED) is 0.672. The average molecular weight is 314 g/mol. The first-order chi connectivity index (χ1) is 8.60. The summed E-state index contributed by atoms with van der Waals surface area (Å²) in [6.45, 7) is 1.13. The number of hydrogen-bond acceptors (Lipinski definition) is 4. The van der Waals surface area contributed by atoms with Gasteiger partial charge in [0.15, 0.2) is 0 Å². The third kappa shape index (κ3) is 2.24. The van der Waals surface area contributed by atoms with Crippen molar-refractivity contribution < 1.29 is 14.3 Å². The van der Waals surface area contributed by atoms with E-state index >= 15 is 0 Å². The number of halogens is 1. The van der Waals surface area contributed by atoms with Crippen LogP contribution in [0.1, 0.15) is 18.4 Å². The number of carbonyl (C=O) groups excluding carboxylic acids is 1. The number of nitrogen functional groups attached to an aromatic ring is 1. The number of methoxy groups -OCH3 is 1. The average Bonchev–Trinajstić information content (AvgIpc) is 2.41. The van der Waals surface area contributed by atoms with Gasteiger partial charge in [0, 0.05) is 23.4 Å². The van der Waals surface area contributed by atoms with Crippen molar-refractivity contribution in [3.05, 3.63) is 28.2 Å². The van der Waals surface area contributed by atoms with Gasteiger partial charge in [-0.1, -0.05) is 6.07 Å². The number of nitrogens with two attached hydrogens (primary N) is 1. The lowest BCUT2D eigenvalue weighted by Gasteiger charge is -2.35. The molecule has 0 unspecified atom stereocenters. The van der Waals surface area contributed by atoms with Gasteiger partial charge < -0.3 is 15.2 Å². The second-order valence-electron chi connectivity index (χ2n) is 4.42. The Hall–Kier alpha value is -1.07. The molecule has 0 amide bonds. The fourth-order valence-electron chi connectivity index (χ4n) is 2.35. The first kappa shape index (κ1) is 13.4. The normalized spacial score (nSPS) is 18.3. The molecular formula is C13H16BrNO3. The zero-order chi connectivity index (χ0) is 13.2. The molecule has 5 heteroatoms. The first-order valence-corrected chi connectivity index (χ1v) is 6.61. The topological polar surface area (TPSA) is 61.5 Å². The Bertz CT molecular complexity index is 456. The van der Waals surface area contributed by atoms with Gasteiger partial charge in [-0.2, -0.15) is 0 Å². The number of rotatable bonds is 2. The van der Waals surface area contributed by atoms with E-state index in [4.69, 9.17) is 15.2 Å². The van der Waals surface area contributed by atoms with E-state index in [0.29, 0.717) is 31.7 Å². The van der Waals surface area contributed by atoms with E-state index < -0.39 is 5.41 Å². The fraction of sp³-hybridized carbons (Fsp3) is 0.462. The third-order valence-corrected chi connectivity index (χ3v) is 4.16. The SMILES string of the molecule is COC(=O)C1(c2ccc(N)c(Br)c2)CCOCC1. The summed E-state index contributed by atoms with van der Waals surface area (Å²) in [5.41, 5.74) is 6.76. The van der Waals surface area contributed by atoms with Crippen molar-refractivity contribution in [1.29, 1.82) is 0 Å². The molecule has 1 saturated heterocycles. The van der Waals surface area contributed by atoms with Crippen LogP contribution < -0.4 is 5.73 Å². The van der Waals surface area contributed by atoms with Gasteiger partial charge in [-0.05, 0) is 46.5 Å². The van der Waals surface area contributed by atoms with E-state index in [1.807, 2.05) is 12.1 Å². The molecule has 0 aromatic heterocycles. The number of carbonyl (C=O) groups is 1. The Morgan fingerprint density at radius 1 is 1.44 bits per heavy atom.